The Kier molecular flexibility index (Phi) is 4.29. The molecule has 1 unspecified atom stereocenters. The van der Waals surface area contributed by atoms with Crippen LogP contribution >= 0.6 is 11.3 Å². The molecule has 1 aromatic carbocycles. The summed E-state index contributed by atoms with van der Waals surface area (Å²) >= 11 is 1.45. The molecule has 1 aliphatic heterocycles. The molecule has 1 saturated heterocycles. The lowest BCUT2D eigenvalue weighted by Gasteiger charge is -2.25. The van der Waals surface area contributed by atoms with Crippen LogP contribution in [-0.4, -0.2) is 35.3 Å². The van der Waals surface area contributed by atoms with Gasteiger partial charge in [0.05, 0.1) is 18.2 Å². The standard InChI is InChI=1S/C19H21N3O2S/c1-21(16-9-8-13-5-2-3-6-15(13)16)18(24)11-14-12-25-19(20-14)22-10-4-7-17(22)23/h2-3,5-6,12,16H,4,7-11H2,1H3. The van der Waals surface area contributed by atoms with Crippen LogP contribution in [0.2, 0.25) is 0 Å². The molecule has 1 aliphatic carbocycles. The number of hydrogen-bond donors (Lipinski definition) is 0. The third-order valence-electron chi connectivity index (χ3n) is 5.14. The molecular weight excluding hydrogens is 334 g/mol. The minimum Gasteiger partial charge on any atom is -0.338 e. The van der Waals surface area contributed by atoms with E-state index in [0.29, 0.717) is 6.42 Å². The summed E-state index contributed by atoms with van der Waals surface area (Å²) in [6.45, 7) is 0.735. The Balaban J connectivity index is 1.44. The van der Waals surface area contributed by atoms with Gasteiger partial charge in [0, 0.05) is 25.4 Å². The summed E-state index contributed by atoms with van der Waals surface area (Å²) in [6.07, 6.45) is 3.77. The van der Waals surface area contributed by atoms with Gasteiger partial charge in [0.2, 0.25) is 11.8 Å². The van der Waals surface area contributed by atoms with Crippen molar-refractivity contribution in [3.05, 3.63) is 46.5 Å². The molecule has 0 bridgehead atoms. The zero-order valence-corrected chi connectivity index (χ0v) is 15.1. The van der Waals surface area contributed by atoms with Crippen LogP contribution in [0.4, 0.5) is 5.13 Å². The molecule has 0 spiro atoms. The maximum atomic E-state index is 12.7. The second-order valence-corrected chi connectivity index (χ2v) is 7.54. The Morgan fingerprint density at radius 2 is 2.20 bits per heavy atom. The molecule has 1 fully saturated rings. The van der Waals surface area contributed by atoms with Crippen LogP contribution in [0.25, 0.3) is 0 Å². The van der Waals surface area contributed by atoms with Crippen LogP contribution in [0.1, 0.15) is 42.1 Å². The normalized spacial score (nSPS) is 19.3. The molecule has 1 aromatic heterocycles. The molecule has 0 radical (unpaired) electrons. The zero-order valence-electron chi connectivity index (χ0n) is 14.3. The van der Waals surface area contributed by atoms with Crippen molar-refractivity contribution in [1.29, 1.82) is 0 Å². The molecule has 4 rings (SSSR count). The van der Waals surface area contributed by atoms with Gasteiger partial charge >= 0.3 is 0 Å². The summed E-state index contributed by atoms with van der Waals surface area (Å²) < 4.78 is 0. The van der Waals surface area contributed by atoms with E-state index in [9.17, 15) is 9.59 Å². The van der Waals surface area contributed by atoms with Crippen molar-refractivity contribution in [1.82, 2.24) is 9.88 Å². The molecule has 130 valence electrons. The number of fused-ring (bicyclic) bond motifs is 1. The number of carbonyl (C=O) groups excluding carboxylic acids is 2. The summed E-state index contributed by atoms with van der Waals surface area (Å²) in [4.78, 5) is 32.6. The first-order valence-corrected chi connectivity index (χ1v) is 9.59. The quantitative estimate of drug-likeness (QED) is 0.847. The lowest BCUT2D eigenvalue weighted by atomic mass is 10.1. The average molecular weight is 355 g/mol. The number of carbonyl (C=O) groups is 2. The van der Waals surface area contributed by atoms with Crippen molar-refractivity contribution in [2.75, 3.05) is 18.5 Å². The smallest absolute Gasteiger partial charge is 0.228 e. The number of rotatable bonds is 4. The first-order chi connectivity index (χ1) is 12.1. The maximum absolute atomic E-state index is 12.7. The van der Waals surface area contributed by atoms with Gasteiger partial charge in [-0.05, 0) is 30.4 Å². The summed E-state index contributed by atoms with van der Waals surface area (Å²) in [5.41, 5.74) is 3.36. The molecule has 2 amide bonds. The van der Waals surface area contributed by atoms with E-state index >= 15 is 0 Å². The van der Waals surface area contributed by atoms with Crippen LogP contribution in [-0.2, 0) is 22.4 Å². The predicted molar refractivity (Wildman–Crippen MR) is 97.7 cm³/mol. The lowest BCUT2D eigenvalue weighted by molar-refractivity contribution is -0.131. The number of anilines is 1. The van der Waals surface area contributed by atoms with Crippen molar-refractivity contribution < 1.29 is 9.59 Å². The number of hydrogen-bond acceptors (Lipinski definition) is 4. The number of benzene rings is 1. The fourth-order valence-corrected chi connectivity index (χ4v) is 4.61. The van der Waals surface area contributed by atoms with E-state index < -0.39 is 0 Å². The summed E-state index contributed by atoms with van der Waals surface area (Å²) in [5.74, 6) is 0.207. The highest BCUT2D eigenvalue weighted by molar-refractivity contribution is 7.14. The molecule has 2 aliphatic rings. The topological polar surface area (TPSA) is 53.5 Å². The maximum Gasteiger partial charge on any atom is 0.228 e. The van der Waals surface area contributed by atoms with E-state index in [1.54, 1.807) is 4.90 Å². The third-order valence-corrected chi connectivity index (χ3v) is 6.05. The van der Waals surface area contributed by atoms with Crippen molar-refractivity contribution in [2.24, 2.45) is 0 Å². The van der Waals surface area contributed by atoms with E-state index in [0.717, 1.165) is 36.6 Å². The van der Waals surface area contributed by atoms with Gasteiger partial charge in [0.15, 0.2) is 5.13 Å². The van der Waals surface area contributed by atoms with E-state index in [4.69, 9.17) is 0 Å². The first kappa shape index (κ1) is 16.3. The van der Waals surface area contributed by atoms with Gasteiger partial charge < -0.3 is 4.90 Å². The fraction of sp³-hybridized carbons (Fsp3) is 0.421. The van der Waals surface area contributed by atoms with Crippen LogP contribution in [0, 0.1) is 0 Å². The monoisotopic (exact) mass is 355 g/mol. The Labute approximate surface area is 151 Å². The number of thiazole rings is 1. The van der Waals surface area contributed by atoms with Crippen LogP contribution in [0.3, 0.4) is 0 Å². The number of amides is 2. The van der Waals surface area contributed by atoms with E-state index in [2.05, 4.69) is 23.2 Å². The molecule has 0 N–H and O–H groups in total. The SMILES string of the molecule is CN(C(=O)Cc1csc(N2CCCC2=O)n1)C1CCc2ccccc21. The second kappa shape index (κ2) is 6.59. The van der Waals surface area contributed by atoms with E-state index in [1.165, 1.54) is 22.5 Å². The molecule has 0 saturated carbocycles. The molecule has 1 atom stereocenters. The van der Waals surface area contributed by atoms with Crippen molar-refractivity contribution in [3.8, 4) is 0 Å². The summed E-state index contributed by atoms with van der Waals surface area (Å²) in [5, 5.41) is 2.62. The van der Waals surface area contributed by atoms with Crippen LogP contribution in [0.5, 0.6) is 0 Å². The molecular formula is C19H21N3O2S. The zero-order chi connectivity index (χ0) is 17.4. The van der Waals surface area contributed by atoms with E-state index in [1.807, 2.05) is 23.4 Å². The van der Waals surface area contributed by atoms with Crippen molar-refractivity contribution >= 4 is 28.3 Å². The Hall–Kier alpha value is -2.21. The Morgan fingerprint density at radius 1 is 1.36 bits per heavy atom. The number of aryl methyl sites for hydroxylation is 1. The Bertz CT molecular complexity index is 817. The summed E-state index contributed by atoms with van der Waals surface area (Å²) in [7, 11) is 1.88. The molecule has 5 nitrogen and oxygen atoms in total. The minimum atomic E-state index is 0.0753. The third kappa shape index (κ3) is 3.06. The molecule has 2 heterocycles. The van der Waals surface area contributed by atoms with E-state index in [-0.39, 0.29) is 24.3 Å². The molecule has 2 aromatic rings. The molecule has 25 heavy (non-hydrogen) atoms. The summed E-state index contributed by atoms with van der Waals surface area (Å²) in [6, 6.07) is 8.51. The fourth-order valence-electron chi connectivity index (χ4n) is 3.74. The number of nitrogens with zero attached hydrogens (tertiary/aromatic N) is 3. The van der Waals surface area contributed by atoms with Crippen molar-refractivity contribution in [3.63, 3.8) is 0 Å². The first-order valence-electron chi connectivity index (χ1n) is 8.71. The van der Waals surface area contributed by atoms with Gasteiger partial charge in [-0.25, -0.2) is 4.98 Å². The second-order valence-electron chi connectivity index (χ2n) is 6.71. The number of aromatic nitrogens is 1. The number of likely N-dealkylation sites (N-methyl/N-ethyl adjacent to an activating group) is 1. The van der Waals surface area contributed by atoms with Gasteiger partial charge in [-0.1, -0.05) is 24.3 Å². The average Bonchev–Trinajstić information content (AvgIpc) is 3.33. The minimum absolute atomic E-state index is 0.0753. The predicted octanol–water partition coefficient (Wildman–Crippen LogP) is 2.96. The highest BCUT2D eigenvalue weighted by Crippen LogP contribution is 2.35. The van der Waals surface area contributed by atoms with Gasteiger partial charge in [-0.15, -0.1) is 11.3 Å². The van der Waals surface area contributed by atoms with Gasteiger partial charge in [0.25, 0.3) is 0 Å². The lowest BCUT2D eigenvalue weighted by Crippen LogP contribution is -2.31. The van der Waals surface area contributed by atoms with Gasteiger partial charge in [-0.3, -0.25) is 14.5 Å². The highest BCUT2D eigenvalue weighted by atomic mass is 32.1. The highest BCUT2D eigenvalue weighted by Gasteiger charge is 2.29. The Morgan fingerprint density at radius 3 is 3.00 bits per heavy atom. The van der Waals surface area contributed by atoms with Gasteiger partial charge in [0.1, 0.15) is 0 Å². The van der Waals surface area contributed by atoms with Gasteiger partial charge in [-0.2, -0.15) is 0 Å². The molecule has 6 heteroatoms. The largest absolute Gasteiger partial charge is 0.338 e. The van der Waals surface area contributed by atoms with Crippen LogP contribution in [0.15, 0.2) is 29.6 Å². The van der Waals surface area contributed by atoms with Crippen LogP contribution < -0.4 is 4.90 Å². The van der Waals surface area contributed by atoms with Crippen molar-refractivity contribution in [2.45, 2.75) is 38.1 Å².